The number of aliphatic hydroxyl groups is 1. The summed E-state index contributed by atoms with van der Waals surface area (Å²) in [6, 6.07) is 0. The maximum atomic E-state index is 14.3. The fourth-order valence-corrected chi connectivity index (χ4v) is 6.64. The molecule has 0 aromatic carbocycles. The molecule has 0 radical (unpaired) electrons. The van der Waals surface area contributed by atoms with Gasteiger partial charge in [0, 0.05) is 37.1 Å². The van der Waals surface area contributed by atoms with Crippen LogP contribution in [0.4, 0.5) is 13.2 Å². The number of hydrogen-bond acceptors (Lipinski definition) is 5. The topological polar surface area (TPSA) is 51.2 Å². The van der Waals surface area contributed by atoms with Gasteiger partial charge in [-0.25, -0.2) is 0 Å². The molecule has 2 unspecified atom stereocenters. The van der Waals surface area contributed by atoms with E-state index in [1.807, 2.05) is 18.7 Å². The van der Waals surface area contributed by atoms with Crippen molar-refractivity contribution in [3.05, 3.63) is 24.0 Å². The van der Waals surface area contributed by atoms with Crippen LogP contribution in [0.15, 0.2) is 24.0 Å². The molecule has 0 aromatic rings. The smallest absolute Gasteiger partial charge is 0.449 e. The maximum absolute atomic E-state index is 14.3. The highest BCUT2D eigenvalue weighted by Gasteiger charge is 2.76. The van der Waals surface area contributed by atoms with Gasteiger partial charge in [-0.3, -0.25) is 4.90 Å². The van der Waals surface area contributed by atoms with E-state index in [4.69, 9.17) is 19.3 Å². The van der Waals surface area contributed by atoms with Gasteiger partial charge >= 0.3 is 6.18 Å². The van der Waals surface area contributed by atoms with E-state index in [0.29, 0.717) is 44.7 Å². The van der Waals surface area contributed by atoms with Crippen LogP contribution in [0.2, 0.25) is 0 Å². The molecule has 3 aliphatic heterocycles. The van der Waals surface area contributed by atoms with Gasteiger partial charge in [0.25, 0.3) is 0 Å². The first-order valence-electron chi connectivity index (χ1n) is 11.8. The van der Waals surface area contributed by atoms with Crippen molar-refractivity contribution in [2.24, 2.45) is 17.3 Å². The number of ether oxygens (including phenoxy) is 3. The zero-order chi connectivity index (χ0) is 23.4. The van der Waals surface area contributed by atoms with E-state index in [1.54, 1.807) is 6.08 Å². The third-order valence-electron chi connectivity index (χ3n) is 8.27. The molecule has 0 amide bonds. The number of alkyl halides is 3. The van der Waals surface area contributed by atoms with Crippen LogP contribution >= 0.6 is 0 Å². The van der Waals surface area contributed by atoms with Crippen molar-refractivity contribution in [3.63, 3.8) is 0 Å². The molecule has 1 N–H and O–H groups in total. The summed E-state index contributed by atoms with van der Waals surface area (Å²) >= 11 is 0. The SMILES string of the molecule is C=CCN(CCCCO)CC1=C(C(F)(F)F)O[C@@H]2OC3(C)CCC4[C@H](C)CC[C@]1(C)[C@]42O3. The standard InChI is InChI=1S/C24H36F3NO4/c1-5-12-28(13-6-7-14-29)15-18-19(24(25,26)27)30-20-23-17(9-11-22(4,31-20)32-23)16(2)8-10-21(18,23)3/h5,16-17,20,29H,1,6-15H2,2-4H3/t16-,17?,20-,21+,22?,23+/m1/s1. The molecule has 4 aliphatic rings. The van der Waals surface area contributed by atoms with Gasteiger partial charge in [0.2, 0.25) is 12.0 Å². The van der Waals surface area contributed by atoms with Crippen molar-refractivity contribution in [1.82, 2.24) is 4.90 Å². The van der Waals surface area contributed by atoms with E-state index in [1.165, 1.54) is 0 Å². The summed E-state index contributed by atoms with van der Waals surface area (Å²) in [6.45, 7) is 10.9. The van der Waals surface area contributed by atoms with Gasteiger partial charge in [-0.1, -0.05) is 19.9 Å². The third kappa shape index (κ3) is 3.62. The molecule has 4 rings (SSSR count). The Kier molecular flexibility index (Phi) is 6.23. The first-order valence-corrected chi connectivity index (χ1v) is 11.8. The predicted molar refractivity (Wildman–Crippen MR) is 113 cm³/mol. The number of aliphatic hydroxyl groups excluding tert-OH is 1. The summed E-state index contributed by atoms with van der Waals surface area (Å²) in [5.41, 5.74) is -1.52. The highest BCUT2D eigenvalue weighted by molar-refractivity contribution is 5.35. The number of hydrogen-bond donors (Lipinski definition) is 1. The van der Waals surface area contributed by atoms with Crippen molar-refractivity contribution in [1.29, 1.82) is 0 Å². The summed E-state index contributed by atoms with van der Waals surface area (Å²) in [4.78, 5) is 1.96. The average molecular weight is 460 g/mol. The molecule has 32 heavy (non-hydrogen) atoms. The first-order chi connectivity index (χ1) is 15.0. The van der Waals surface area contributed by atoms with Crippen molar-refractivity contribution in [3.8, 4) is 0 Å². The molecule has 1 saturated carbocycles. The van der Waals surface area contributed by atoms with Crippen molar-refractivity contribution in [2.45, 2.75) is 83.2 Å². The Balaban J connectivity index is 1.80. The van der Waals surface area contributed by atoms with E-state index in [0.717, 1.165) is 12.8 Å². The lowest BCUT2D eigenvalue weighted by Crippen LogP contribution is -2.68. The lowest BCUT2D eigenvalue weighted by atomic mass is 9.51. The van der Waals surface area contributed by atoms with Crippen LogP contribution in [-0.4, -0.2) is 60.1 Å². The van der Waals surface area contributed by atoms with Crippen LogP contribution in [0.5, 0.6) is 0 Å². The Morgan fingerprint density at radius 2 is 1.97 bits per heavy atom. The predicted octanol–water partition coefficient (Wildman–Crippen LogP) is 4.77. The van der Waals surface area contributed by atoms with Crippen LogP contribution in [-0.2, 0) is 14.2 Å². The molecule has 3 heterocycles. The van der Waals surface area contributed by atoms with Crippen LogP contribution in [0.25, 0.3) is 0 Å². The highest BCUT2D eigenvalue weighted by Crippen LogP contribution is 2.69. The molecule has 1 spiro atoms. The number of unbranched alkanes of at least 4 members (excludes halogenated alkanes) is 1. The summed E-state index contributed by atoms with van der Waals surface area (Å²) in [7, 11) is 0. The van der Waals surface area contributed by atoms with Crippen molar-refractivity contribution >= 4 is 0 Å². The van der Waals surface area contributed by atoms with Crippen LogP contribution in [0, 0.1) is 17.3 Å². The molecule has 6 atom stereocenters. The van der Waals surface area contributed by atoms with Gasteiger partial charge in [-0.15, -0.1) is 6.58 Å². The second kappa shape index (κ2) is 8.29. The Morgan fingerprint density at radius 1 is 1.22 bits per heavy atom. The molecule has 1 aliphatic carbocycles. The Hall–Kier alpha value is -1.09. The number of fused-ring (bicyclic) bond motifs is 1. The Bertz CT molecular complexity index is 771. The maximum Gasteiger partial charge on any atom is 0.449 e. The first kappa shape index (κ1) is 24.0. The number of nitrogens with zero attached hydrogens (tertiary/aromatic N) is 1. The molecule has 2 saturated heterocycles. The van der Waals surface area contributed by atoms with E-state index in [-0.39, 0.29) is 24.6 Å². The molecule has 3 fully saturated rings. The van der Waals surface area contributed by atoms with Crippen LogP contribution in [0.1, 0.15) is 59.3 Å². The lowest BCUT2D eigenvalue weighted by molar-refractivity contribution is -0.275. The molecule has 0 aromatic heterocycles. The van der Waals surface area contributed by atoms with Gasteiger partial charge in [0.15, 0.2) is 5.79 Å². The van der Waals surface area contributed by atoms with E-state index in [2.05, 4.69) is 13.5 Å². The zero-order valence-electron chi connectivity index (χ0n) is 19.3. The van der Waals surface area contributed by atoms with E-state index in [9.17, 15) is 13.2 Å². The quantitative estimate of drug-likeness (QED) is 0.419. The summed E-state index contributed by atoms with van der Waals surface area (Å²) < 4.78 is 61.5. The van der Waals surface area contributed by atoms with E-state index < -0.39 is 35.0 Å². The monoisotopic (exact) mass is 459 g/mol. The van der Waals surface area contributed by atoms with Gasteiger partial charge in [-0.05, 0) is 57.4 Å². The Labute approximate surface area is 188 Å². The minimum absolute atomic E-state index is 0.0629. The fourth-order valence-electron chi connectivity index (χ4n) is 6.64. The lowest BCUT2D eigenvalue weighted by Gasteiger charge is -2.61. The fraction of sp³-hybridized carbons (Fsp3) is 0.833. The summed E-state index contributed by atoms with van der Waals surface area (Å²) in [6.07, 6.45) is 0.274. The Morgan fingerprint density at radius 3 is 2.62 bits per heavy atom. The van der Waals surface area contributed by atoms with Gasteiger partial charge in [0.1, 0.15) is 5.60 Å². The molecule has 182 valence electrons. The van der Waals surface area contributed by atoms with Crippen molar-refractivity contribution in [2.75, 3.05) is 26.2 Å². The van der Waals surface area contributed by atoms with Crippen molar-refractivity contribution < 1.29 is 32.5 Å². The van der Waals surface area contributed by atoms with Gasteiger partial charge in [-0.2, -0.15) is 13.2 Å². The number of allylic oxidation sites excluding steroid dienone is 1. The molecular weight excluding hydrogens is 423 g/mol. The van der Waals surface area contributed by atoms with Gasteiger partial charge in [0.05, 0.1) is 0 Å². The second-order valence-electron chi connectivity index (χ2n) is 10.3. The third-order valence-corrected chi connectivity index (χ3v) is 8.27. The highest BCUT2D eigenvalue weighted by atomic mass is 19.4. The summed E-state index contributed by atoms with van der Waals surface area (Å²) in [5, 5.41) is 9.14. The molecule has 5 nitrogen and oxygen atoms in total. The minimum atomic E-state index is -4.62. The molecular formula is C24H36F3NO4. The second-order valence-corrected chi connectivity index (χ2v) is 10.3. The normalized spacial score (nSPS) is 40.9. The zero-order valence-corrected chi connectivity index (χ0v) is 19.3. The minimum Gasteiger partial charge on any atom is -0.456 e. The van der Waals surface area contributed by atoms with Crippen LogP contribution < -0.4 is 0 Å². The van der Waals surface area contributed by atoms with Gasteiger partial charge < -0.3 is 19.3 Å². The summed E-state index contributed by atoms with van der Waals surface area (Å²) in [5.74, 6) is -1.44. The number of halogens is 3. The average Bonchev–Trinajstić information content (AvgIpc) is 2.94. The number of rotatable bonds is 8. The largest absolute Gasteiger partial charge is 0.456 e. The molecule has 2 bridgehead atoms. The molecule has 8 heteroatoms. The van der Waals surface area contributed by atoms with Crippen LogP contribution in [0.3, 0.4) is 0 Å². The van der Waals surface area contributed by atoms with E-state index >= 15 is 0 Å².